The van der Waals surface area contributed by atoms with Gasteiger partial charge in [-0.25, -0.2) is 4.57 Å². The molecule has 0 atom stereocenters. The van der Waals surface area contributed by atoms with E-state index in [0.29, 0.717) is 0 Å². The van der Waals surface area contributed by atoms with Gasteiger partial charge in [-0.3, -0.25) is 0 Å². The Kier molecular flexibility index (Phi) is 4.31. The van der Waals surface area contributed by atoms with Gasteiger partial charge in [-0.1, -0.05) is 52.2 Å². The van der Waals surface area contributed by atoms with Gasteiger partial charge in [0, 0.05) is 0 Å². The molecule has 2 aromatic carbocycles. The lowest BCUT2D eigenvalue weighted by atomic mass is 10.2. The highest BCUT2D eigenvalue weighted by molar-refractivity contribution is 5.80. The molecule has 0 saturated carbocycles. The lowest BCUT2D eigenvalue weighted by Crippen LogP contribution is -3.00. The van der Waals surface area contributed by atoms with Crippen LogP contribution in [0.4, 0.5) is 0 Å². The van der Waals surface area contributed by atoms with E-state index in [0.717, 1.165) is 11.1 Å². The molecule has 3 rings (SSSR count). The van der Waals surface area contributed by atoms with Crippen molar-refractivity contribution in [1.82, 2.24) is 4.68 Å². The van der Waals surface area contributed by atoms with Crippen LogP contribution in [0, 0.1) is 0 Å². The van der Waals surface area contributed by atoms with E-state index in [2.05, 4.69) is 21.8 Å². The highest BCUT2D eigenvalue weighted by Crippen LogP contribution is 2.09. The summed E-state index contributed by atoms with van der Waals surface area (Å²) in [6, 6.07) is 18.3. The maximum Gasteiger partial charge on any atom is 0.270 e. The fraction of sp³-hybridized carbons (Fsp3) is 0.0667. The van der Waals surface area contributed by atoms with Crippen molar-refractivity contribution in [2.75, 3.05) is 0 Å². The summed E-state index contributed by atoms with van der Waals surface area (Å²) in [7, 11) is 2.02. The highest BCUT2D eigenvalue weighted by Gasteiger charge is 2.10. The quantitative estimate of drug-likeness (QED) is 0.328. The maximum absolute atomic E-state index is 4.50. The van der Waals surface area contributed by atoms with E-state index in [1.807, 2.05) is 66.7 Å². The number of rotatable bonds is 2. The number of aryl methyl sites for hydroxylation is 1. The van der Waals surface area contributed by atoms with Crippen molar-refractivity contribution < 1.29 is 28.5 Å². The van der Waals surface area contributed by atoms with Gasteiger partial charge in [0.1, 0.15) is 0 Å². The largest absolute Gasteiger partial charge is 1.00 e. The molecule has 0 N–H and O–H groups in total. The summed E-state index contributed by atoms with van der Waals surface area (Å²) in [5.41, 5.74) is 3.37. The summed E-state index contributed by atoms with van der Waals surface area (Å²) >= 11 is 0. The Hall–Kier alpha value is -1.69. The van der Waals surface area contributed by atoms with Crippen molar-refractivity contribution in [3.05, 3.63) is 66.5 Å². The number of hydrogen-bond donors (Lipinski definition) is 0. The van der Waals surface area contributed by atoms with Gasteiger partial charge in [-0.15, -0.1) is 0 Å². The predicted molar refractivity (Wildman–Crippen MR) is 72.5 cm³/mol. The number of aromatic nitrogens is 2. The van der Waals surface area contributed by atoms with Gasteiger partial charge in [0.15, 0.2) is 5.52 Å². The Morgan fingerprint density at radius 1 is 1.00 bits per heavy atom. The predicted octanol–water partition coefficient (Wildman–Crippen LogP) is -0.648. The van der Waals surface area contributed by atoms with Crippen LogP contribution in [-0.2, 0) is 7.05 Å². The second-order valence-corrected chi connectivity index (χ2v) is 4.21. The second-order valence-electron chi connectivity index (χ2n) is 4.21. The molecule has 0 spiro atoms. The van der Waals surface area contributed by atoms with E-state index in [9.17, 15) is 0 Å². The monoisotopic (exact) mass is 363 g/mol. The summed E-state index contributed by atoms with van der Waals surface area (Å²) in [5.74, 6) is 0. The number of hydrogen-bond acceptors (Lipinski definition) is 1. The Balaban J connectivity index is 0.00000133. The van der Waals surface area contributed by atoms with Crippen molar-refractivity contribution >= 4 is 17.2 Å². The second kappa shape index (κ2) is 5.97. The number of nitrogens with zero attached hydrogens (tertiary/aromatic N) is 3. The fourth-order valence-corrected chi connectivity index (χ4v) is 2.00. The molecule has 3 aromatic rings. The summed E-state index contributed by atoms with van der Waals surface area (Å²) in [6.45, 7) is 0. The van der Waals surface area contributed by atoms with Crippen LogP contribution in [-0.4, -0.2) is 10.9 Å². The smallest absolute Gasteiger partial charge is 0.270 e. The maximum atomic E-state index is 4.50. The molecule has 0 saturated heterocycles. The zero-order valence-electron chi connectivity index (χ0n) is 10.6. The molecule has 0 unspecified atom stereocenters. The average Bonchev–Trinajstić information content (AvgIpc) is 2.75. The Morgan fingerprint density at radius 2 is 1.68 bits per heavy atom. The Labute approximate surface area is 129 Å². The SMILES string of the molecule is C[n+]1cn(N=Cc2ccccc2)c2ccccc21.[I-]. The van der Waals surface area contributed by atoms with Crippen molar-refractivity contribution in [2.24, 2.45) is 12.1 Å². The third-order valence-corrected chi connectivity index (χ3v) is 2.92. The minimum absolute atomic E-state index is 0. The van der Waals surface area contributed by atoms with Crippen LogP contribution < -0.4 is 28.5 Å². The summed E-state index contributed by atoms with van der Waals surface area (Å²) in [5, 5.41) is 4.50. The molecule has 0 amide bonds. The van der Waals surface area contributed by atoms with Crippen molar-refractivity contribution in [3.8, 4) is 0 Å². The molecule has 3 nitrogen and oxygen atoms in total. The molecule has 19 heavy (non-hydrogen) atoms. The molecule has 1 aromatic heterocycles. The molecule has 0 fully saturated rings. The molecule has 1 heterocycles. The van der Waals surface area contributed by atoms with Gasteiger partial charge in [-0.05, 0) is 17.7 Å². The van der Waals surface area contributed by atoms with Crippen LogP contribution in [0.1, 0.15) is 5.56 Å². The van der Waals surface area contributed by atoms with Crippen LogP contribution >= 0.6 is 0 Å². The normalized spacial score (nSPS) is 10.8. The van der Waals surface area contributed by atoms with Crippen LogP contribution in [0.15, 0.2) is 66.0 Å². The number of benzene rings is 2. The minimum atomic E-state index is 0. The summed E-state index contributed by atoms with van der Waals surface area (Å²) in [4.78, 5) is 0. The number of imidazole rings is 1. The van der Waals surface area contributed by atoms with Crippen LogP contribution in [0.3, 0.4) is 0 Å². The third kappa shape index (κ3) is 2.84. The topological polar surface area (TPSA) is 21.2 Å². The zero-order chi connectivity index (χ0) is 12.4. The lowest BCUT2D eigenvalue weighted by molar-refractivity contribution is -0.645. The highest BCUT2D eigenvalue weighted by atomic mass is 127. The van der Waals surface area contributed by atoms with E-state index >= 15 is 0 Å². The molecule has 0 bridgehead atoms. The van der Waals surface area contributed by atoms with E-state index < -0.39 is 0 Å². The summed E-state index contributed by atoms with van der Waals surface area (Å²) < 4.78 is 3.96. The fourth-order valence-electron chi connectivity index (χ4n) is 2.00. The van der Waals surface area contributed by atoms with Crippen LogP contribution in [0.25, 0.3) is 11.0 Å². The van der Waals surface area contributed by atoms with E-state index in [1.54, 1.807) is 0 Å². The Bertz CT molecular complexity index is 702. The van der Waals surface area contributed by atoms with Gasteiger partial charge in [0.25, 0.3) is 6.33 Å². The molecule has 0 aliphatic heterocycles. The molecule has 4 heteroatoms. The first-order valence-electron chi connectivity index (χ1n) is 5.90. The molecule has 0 radical (unpaired) electrons. The molecule has 0 aliphatic rings. The average molecular weight is 363 g/mol. The summed E-state index contributed by atoms with van der Waals surface area (Å²) in [6.07, 6.45) is 3.84. The van der Waals surface area contributed by atoms with Gasteiger partial charge in [0.05, 0.1) is 13.3 Å². The number of para-hydroxylation sites is 2. The van der Waals surface area contributed by atoms with E-state index in [-0.39, 0.29) is 24.0 Å². The minimum Gasteiger partial charge on any atom is -1.00 e. The molecule has 0 aliphatic carbocycles. The number of halogens is 1. The molecular weight excluding hydrogens is 349 g/mol. The van der Waals surface area contributed by atoms with Gasteiger partial charge >= 0.3 is 0 Å². The molecule has 96 valence electrons. The van der Waals surface area contributed by atoms with Gasteiger partial charge < -0.3 is 24.0 Å². The van der Waals surface area contributed by atoms with Crippen LogP contribution in [0.5, 0.6) is 0 Å². The van der Waals surface area contributed by atoms with E-state index in [1.165, 1.54) is 5.52 Å². The van der Waals surface area contributed by atoms with Crippen molar-refractivity contribution in [2.45, 2.75) is 0 Å². The van der Waals surface area contributed by atoms with Crippen molar-refractivity contribution in [3.63, 3.8) is 0 Å². The zero-order valence-corrected chi connectivity index (χ0v) is 12.7. The van der Waals surface area contributed by atoms with Gasteiger partial charge in [0.2, 0.25) is 5.52 Å². The number of fused-ring (bicyclic) bond motifs is 1. The van der Waals surface area contributed by atoms with Gasteiger partial charge in [-0.2, -0.15) is 0 Å². The van der Waals surface area contributed by atoms with Crippen molar-refractivity contribution in [1.29, 1.82) is 0 Å². The lowest BCUT2D eigenvalue weighted by Gasteiger charge is -1.89. The van der Waals surface area contributed by atoms with E-state index in [4.69, 9.17) is 0 Å². The molecular formula is C15H14IN3. The van der Waals surface area contributed by atoms with Crippen LogP contribution in [0.2, 0.25) is 0 Å². The standard InChI is InChI=1S/C15H14N3.HI/c1-17-12-18(15-10-6-5-9-14(15)17)16-11-13-7-3-2-4-8-13;/h2-12H,1H3;1H/q+1;/p-1. The first-order valence-corrected chi connectivity index (χ1v) is 5.90. The first-order chi connectivity index (χ1) is 8.84. The Morgan fingerprint density at radius 3 is 2.47 bits per heavy atom. The first kappa shape index (κ1) is 13.7. The third-order valence-electron chi connectivity index (χ3n) is 2.92.